The highest BCUT2D eigenvalue weighted by molar-refractivity contribution is 7.85. The van der Waals surface area contributed by atoms with Crippen LogP contribution in [0.2, 0.25) is 0 Å². The number of amides is 1. The summed E-state index contributed by atoms with van der Waals surface area (Å²) in [5.41, 5.74) is 2.89. The zero-order valence-electron chi connectivity index (χ0n) is 14.7. The quantitative estimate of drug-likeness (QED) is 0.606. The smallest absolute Gasteiger partial charge is 0.414 e. The number of carbonyl (C=O) groups excluding carboxylic acids is 1. The van der Waals surface area contributed by atoms with Gasteiger partial charge in [-0.1, -0.05) is 5.57 Å². The maximum atomic E-state index is 12.0. The molecule has 2 saturated heterocycles. The van der Waals surface area contributed by atoms with Gasteiger partial charge in [-0.05, 0) is 37.1 Å². The maximum absolute atomic E-state index is 12.0. The largest absolute Gasteiger partial charge is 0.444 e. The molecule has 0 bridgehead atoms. The van der Waals surface area contributed by atoms with Crippen LogP contribution < -0.4 is 9.80 Å². The summed E-state index contributed by atoms with van der Waals surface area (Å²) in [6.07, 6.45) is 2.33. The number of nitrogens with zero attached hydrogens (tertiary/aromatic N) is 3. The highest BCUT2D eigenvalue weighted by Gasteiger charge is 2.33. The predicted molar refractivity (Wildman–Crippen MR) is 100 cm³/mol. The van der Waals surface area contributed by atoms with Crippen molar-refractivity contribution < 1.29 is 22.5 Å². The molecule has 1 amide bonds. The van der Waals surface area contributed by atoms with Crippen molar-refractivity contribution in [1.29, 1.82) is 5.26 Å². The van der Waals surface area contributed by atoms with Gasteiger partial charge in [0.2, 0.25) is 0 Å². The Morgan fingerprint density at radius 1 is 1.22 bits per heavy atom. The molecule has 1 aromatic carbocycles. The molecular weight excluding hydrogens is 370 g/mol. The third-order valence-corrected chi connectivity index (χ3v) is 5.52. The van der Waals surface area contributed by atoms with Gasteiger partial charge in [0.05, 0.1) is 18.4 Å². The van der Waals surface area contributed by atoms with E-state index in [9.17, 15) is 13.2 Å². The predicted octanol–water partition coefficient (Wildman–Crippen LogP) is 2.34. The van der Waals surface area contributed by atoms with Gasteiger partial charge in [-0.25, -0.2) is 4.79 Å². The lowest BCUT2D eigenvalue weighted by molar-refractivity contribution is 0.139. The number of rotatable bonds is 5. The fraction of sp³-hybridized carbons (Fsp3) is 0.444. The zero-order chi connectivity index (χ0) is 19.4. The standard InChI is InChI=1S/C18H21N3O5S/c19-9-5-14-6-10-20(11-7-14)15-1-3-16(4-2-15)21-13-17(26-18(21)22)8-12-27(23,24)25/h1-5,17H,6-8,10-13H2,(H,23,24,25)/t17-/m0/s1. The number of benzene rings is 1. The molecule has 0 spiro atoms. The minimum absolute atomic E-state index is 0.0610. The van der Waals surface area contributed by atoms with Gasteiger partial charge < -0.3 is 9.64 Å². The van der Waals surface area contributed by atoms with Crippen LogP contribution in [0.1, 0.15) is 19.3 Å². The van der Waals surface area contributed by atoms with Crippen LogP contribution in [0.5, 0.6) is 0 Å². The molecule has 2 heterocycles. The molecule has 2 aliphatic heterocycles. The Hall–Kier alpha value is -2.57. The fourth-order valence-electron chi connectivity index (χ4n) is 3.29. The van der Waals surface area contributed by atoms with Gasteiger partial charge in [0.1, 0.15) is 6.10 Å². The number of piperidine rings is 1. The van der Waals surface area contributed by atoms with Crippen molar-refractivity contribution in [2.24, 2.45) is 0 Å². The molecule has 2 fully saturated rings. The Kier molecular flexibility index (Phi) is 5.68. The van der Waals surface area contributed by atoms with Crippen LogP contribution in [0.3, 0.4) is 0 Å². The monoisotopic (exact) mass is 391 g/mol. The first-order valence-corrected chi connectivity index (χ1v) is 10.3. The highest BCUT2D eigenvalue weighted by Crippen LogP contribution is 2.28. The van der Waals surface area contributed by atoms with Gasteiger partial charge in [0.25, 0.3) is 10.1 Å². The molecule has 1 N–H and O–H groups in total. The molecule has 2 aliphatic rings. The van der Waals surface area contributed by atoms with Crippen molar-refractivity contribution >= 4 is 27.6 Å². The molecule has 3 rings (SSSR count). The summed E-state index contributed by atoms with van der Waals surface area (Å²) in [6.45, 7) is 1.94. The zero-order valence-corrected chi connectivity index (χ0v) is 15.6. The number of nitriles is 1. The summed E-state index contributed by atoms with van der Waals surface area (Å²) in [4.78, 5) is 15.7. The minimum Gasteiger partial charge on any atom is -0.444 e. The average molecular weight is 391 g/mol. The molecule has 0 saturated carbocycles. The number of anilines is 2. The molecule has 0 aromatic heterocycles. The first-order chi connectivity index (χ1) is 12.9. The number of carbonyl (C=O) groups is 1. The number of ether oxygens (including phenoxy) is 1. The summed E-state index contributed by atoms with van der Waals surface area (Å²) >= 11 is 0. The maximum Gasteiger partial charge on any atom is 0.414 e. The van der Waals surface area contributed by atoms with E-state index in [0.717, 1.165) is 31.6 Å². The van der Waals surface area contributed by atoms with Crippen molar-refractivity contribution in [3.05, 3.63) is 35.9 Å². The Balaban J connectivity index is 1.60. The summed E-state index contributed by atoms with van der Waals surface area (Å²) in [5, 5.41) is 8.72. The lowest BCUT2D eigenvalue weighted by Crippen LogP contribution is -2.30. The second-order valence-electron chi connectivity index (χ2n) is 6.63. The van der Waals surface area contributed by atoms with E-state index < -0.39 is 28.1 Å². The Labute approximate surface area is 158 Å². The normalized spacial score (nSPS) is 20.4. The van der Waals surface area contributed by atoms with Crippen LogP contribution in [0.4, 0.5) is 16.2 Å². The van der Waals surface area contributed by atoms with Crippen molar-refractivity contribution in [2.45, 2.75) is 25.4 Å². The Morgan fingerprint density at radius 3 is 2.44 bits per heavy atom. The first kappa shape index (κ1) is 19.2. The minimum atomic E-state index is -4.07. The molecule has 144 valence electrons. The summed E-state index contributed by atoms with van der Waals surface area (Å²) in [6, 6.07) is 9.63. The van der Waals surface area contributed by atoms with Gasteiger partial charge in [0, 0.05) is 37.0 Å². The van der Waals surface area contributed by atoms with Crippen LogP contribution >= 0.6 is 0 Å². The van der Waals surface area contributed by atoms with E-state index in [1.807, 2.05) is 24.3 Å². The topological polar surface area (TPSA) is 111 Å². The molecule has 0 radical (unpaired) electrons. The lowest BCUT2D eigenvalue weighted by Gasteiger charge is -2.30. The third-order valence-electron chi connectivity index (χ3n) is 4.77. The third kappa shape index (κ3) is 4.99. The van der Waals surface area contributed by atoms with Gasteiger partial charge in [-0.2, -0.15) is 13.7 Å². The van der Waals surface area contributed by atoms with Crippen LogP contribution in [0, 0.1) is 11.3 Å². The number of cyclic esters (lactones) is 1. The summed E-state index contributed by atoms with van der Waals surface area (Å²) in [5.74, 6) is -0.436. The SMILES string of the molecule is N#CC=C1CCN(c2ccc(N3C[C@H](CCS(=O)(=O)O)OC3=O)cc2)CC1. The first-order valence-electron chi connectivity index (χ1n) is 8.71. The Bertz CT molecular complexity index is 863. The average Bonchev–Trinajstić information content (AvgIpc) is 3.01. The molecule has 9 heteroatoms. The second-order valence-corrected chi connectivity index (χ2v) is 8.20. The highest BCUT2D eigenvalue weighted by atomic mass is 32.2. The van der Waals surface area contributed by atoms with E-state index in [1.165, 1.54) is 10.5 Å². The molecule has 27 heavy (non-hydrogen) atoms. The number of hydrogen-bond donors (Lipinski definition) is 1. The number of allylic oxidation sites excluding steroid dienone is 1. The molecule has 1 atom stereocenters. The van der Waals surface area contributed by atoms with E-state index in [2.05, 4.69) is 11.0 Å². The van der Waals surface area contributed by atoms with Crippen LogP contribution in [-0.2, 0) is 14.9 Å². The van der Waals surface area contributed by atoms with Crippen molar-refractivity contribution in [3.63, 3.8) is 0 Å². The van der Waals surface area contributed by atoms with Gasteiger partial charge >= 0.3 is 6.09 Å². The van der Waals surface area contributed by atoms with Crippen LogP contribution in [0.25, 0.3) is 0 Å². The Morgan fingerprint density at radius 2 is 1.85 bits per heavy atom. The lowest BCUT2D eigenvalue weighted by atomic mass is 10.0. The van der Waals surface area contributed by atoms with Gasteiger partial charge in [-0.3, -0.25) is 9.45 Å². The number of hydrogen-bond acceptors (Lipinski definition) is 6. The van der Waals surface area contributed by atoms with Gasteiger partial charge in [0.15, 0.2) is 0 Å². The molecule has 8 nitrogen and oxygen atoms in total. The molecule has 1 aromatic rings. The summed E-state index contributed by atoms with van der Waals surface area (Å²) in [7, 11) is -4.07. The second kappa shape index (κ2) is 7.98. The van der Waals surface area contributed by atoms with E-state index >= 15 is 0 Å². The van der Waals surface area contributed by atoms with Crippen molar-refractivity contribution in [3.8, 4) is 6.07 Å². The van der Waals surface area contributed by atoms with E-state index in [4.69, 9.17) is 14.6 Å². The summed E-state index contributed by atoms with van der Waals surface area (Å²) < 4.78 is 35.7. The van der Waals surface area contributed by atoms with Crippen molar-refractivity contribution in [1.82, 2.24) is 0 Å². The van der Waals surface area contributed by atoms with E-state index in [-0.39, 0.29) is 13.0 Å². The fourth-order valence-corrected chi connectivity index (χ4v) is 3.85. The molecule has 0 unspecified atom stereocenters. The van der Waals surface area contributed by atoms with E-state index in [0.29, 0.717) is 5.69 Å². The van der Waals surface area contributed by atoms with Gasteiger partial charge in [-0.15, -0.1) is 0 Å². The van der Waals surface area contributed by atoms with E-state index in [1.54, 1.807) is 6.08 Å². The van der Waals surface area contributed by atoms with Crippen LogP contribution in [-0.4, -0.2) is 50.6 Å². The van der Waals surface area contributed by atoms with Crippen LogP contribution in [0.15, 0.2) is 35.9 Å². The molecular formula is C18H21N3O5S. The molecule has 0 aliphatic carbocycles. The van der Waals surface area contributed by atoms with Crippen molar-refractivity contribution in [2.75, 3.05) is 35.2 Å².